The average Bonchev–Trinajstić information content (AvgIpc) is 3.25. The average molecular weight is 275 g/mol. The van der Waals surface area contributed by atoms with E-state index in [2.05, 4.69) is 39.9 Å². The van der Waals surface area contributed by atoms with Crippen molar-refractivity contribution in [3.63, 3.8) is 0 Å². The lowest BCUT2D eigenvalue weighted by atomic mass is 9.88. The first-order valence-corrected chi connectivity index (χ1v) is 7.89. The van der Waals surface area contributed by atoms with Crippen LogP contribution in [-0.2, 0) is 11.2 Å². The molecule has 0 bridgehead atoms. The number of hydrogen-bond acceptors (Lipinski definition) is 2. The fourth-order valence-electron chi connectivity index (χ4n) is 2.85. The first kappa shape index (κ1) is 15.5. The molecule has 1 N–H and O–H groups in total. The van der Waals surface area contributed by atoms with Crippen molar-refractivity contribution in [1.29, 1.82) is 0 Å². The largest absolute Gasteiger partial charge is 0.380 e. The van der Waals surface area contributed by atoms with Crippen molar-refractivity contribution < 1.29 is 4.74 Å². The fraction of sp³-hybridized carbons (Fsp3) is 0.667. The maximum Gasteiger partial charge on any atom is 0.0591 e. The quantitative estimate of drug-likeness (QED) is 0.769. The normalized spacial score (nSPS) is 14.8. The third-order valence-electron chi connectivity index (χ3n) is 4.91. The van der Waals surface area contributed by atoms with Gasteiger partial charge in [0.15, 0.2) is 0 Å². The van der Waals surface area contributed by atoms with Crippen molar-refractivity contribution >= 4 is 0 Å². The van der Waals surface area contributed by atoms with Gasteiger partial charge in [0.2, 0.25) is 0 Å². The zero-order valence-electron chi connectivity index (χ0n) is 13.7. The molecule has 20 heavy (non-hydrogen) atoms. The Labute approximate surface area is 123 Å². The molecule has 0 aliphatic heterocycles. The Hall–Kier alpha value is -0.860. The Bertz CT molecular complexity index is 446. The van der Waals surface area contributed by atoms with E-state index in [-0.39, 0.29) is 0 Å². The molecular weight excluding hydrogens is 246 g/mol. The minimum Gasteiger partial charge on any atom is -0.380 e. The van der Waals surface area contributed by atoms with Crippen LogP contribution in [-0.4, -0.2) is 25.8 Å². The Morgan fingerprint density at radius 3 is 1.95 bits per heavy atom. The highest BCUT2D eigenvalue weighted by molar-refractivity contribution is 5.49. The summed E-state index contributed by atoms with van der Waals surface area (Å²) >= 11 is 0. The summed E-state index contributed by atoms with van der Waals surface area (Å²) in [5.74, 6) is 0. The zero-order chi connectivity index (χ0) is 14.7. The molecule has 2 rings (SSSR count). The smallest absolute Gasteiger partial charge is 0.0591 e. The highest BCUT2D eigenvalue weighted by atomic mass is 16.5. The summed E-state index contributed by atoms with van der Waals surface area (Å²) in [6.45, 7) is 13.9. The van der Waals surface area contributed by atoms with Gasteiger partial charge in [-0.2, -0.15) is 0 Å². The van der Waals surface area contributed by atoms with Crippen LogP contribution in [0.25, 0.3) is 0 Å². The molecule has 1 aromatic rings. The van der Waals surface area contributed by atoms with Gasteiger partial charge in [0, 0.05) is 12.6 Å². The molecule has 0 saturated heterocycles. The Morgan fingerprint density at radius 2 is 1.40 bits per heavy atom. The number of ether oxygens (including phenoxy) is 1. The third kappa shape index (κ3) is 3.62. The summed E-state index contributed by atoms with van der Waals surface area (Å²) in [4.78, 5) is 0. The summed E-state index contributed by atoms with van der Waals surface area (Å²) in [5, 5.41) is 3.48. The second-order valence-corrected chi connectivity index (χ2v) is 6.19. The van der Waals surface area contributed by atoms with E-state index in [1.54, 1.807) is 0 Å². The predicted octanol–water partition coefficient (Wildman–Crippen LogP) is 3.54. The van der Waals surface area contributed by atoms with E-state index in [1.807, 2.05) is 0 Å². The lowest BCUT2D eigenvalue weighted by molar-refractivity contribution is 0.138. The SMILES string of the molecule is Cc1c(C)c(C)c(CCOCCNC2CC2)c(C)c1C. The van der Waals surface area contributed by atoms with Gasteiger partial charge in [-0.3, -0.25) is 0 Å². The monoisotopic (exact) mass is 275 g/mol. The van der Waals surface area contributed by atoms with Crippen molar-refractivity contribution in [2.24, 2.45) is 0 Å². The molecule has 2 nitrogen and oxygen atoms in total. The summed E-state index contributed by atoms with van der Waals surface area (Å²) in [5.41, 5.74) is 8.71. The summed E-state index contributed by atoms with van der Waals surface area (Å²) in [7, 11) is 0. The van der Waals surface area contributed by atoms with Gasteiger partial charge in [-0.25, -0.2) is 0 Å². The molecule has 1 aliphatic rings. The topological polar surface area (TPSA) is 21.3 Å². The van der Waals surface area contributed by atoms with Crippen molar-refractivity contribution in [1.82, 2.24) is 5.32 Å². The number of hydrogen-bond donors (Lipinski definition) is 1. The maximum absolute atomic E-state index is 5.77. The van der Waals surface area contributed by atoms with E-state index in [0.29, 0.717) is 0 Å². The van der Waals surface area contributed by atoms with Crippen LogP contribution >= 0.6 is 0 Å². The molecular formula is C18H29NO. The lowest BCUT2D eigenvalue weighted by Crippen LogP contribution is -2.22. The predicted molar refractivity (Wildman–Crippen MR) is 85.7 cm³/mol. The standard InChI is InChI=1S/C18H29NO/c1-12-13(2)15(4)18(16(5)14(12)3)8-10-20-11-9-19-17-6-7-17/h17,19H,6-11H2,1-5H3. The van der Waals surface area contributed by atoms with Gasteiger partial charge in [0.05, 0.1) is 13.2 Å². The molecule has 0 radical (unpaired) electrons. The Balaban J connectivity index is 1.85. The lowest BCUT2D eigenvalue weighted by Gasteiger charge is -2.18. The molecule has 1 aromatic carbocycles. The van der Waals surface area contributed by atoms with Crippen LogP contribution < -0.4 is 5.32 Å². The van der Waals surface area contributed by atoms with Gasteiger partial charge in [0.25, 0.3) is 0 Å². The first-order valence-electron chi connectivity index (χ1n) is 7.89. The number of rotatable bonds is 7. The Kier molecular flexibility index (Phi) is 5.22. The van der Waals surface area contributed by atoms with E-state index in [1.165, 1.54) is 46.2 Å². The van der Waals surface area contributed by atoms with Crippen molar-refractivity contribution in [2.75, 3.05) is 19.8 Å². The van der Waals surface area contributed by atoms with E-state index in [0.717, 1.165) is 32.2 Å². The fourth-order valence-corrected chi connectivity index (χ4v) is 2.85. The van der Waals surface area contributed by atoms with Gasteiger partial charge in [-0.1, -0.05) is 0 Å². The van der Waals surface area contributed by atoms with Crippen LogP contribution in [0.1, 0.15) is 46.2 Å². The third-order valence-corrected chi connectivity index (χ3v) is 4.91. The van der Waals surface area contributed by atoms with Gasteiger partial charge in [0.1, 0.15) is 0 Å². The maximum atomic E-state index is 5.77. The summed E-state index contributed by atoms with van der Waals surface area (Å²) < 4.78 is 5.77. The molecule has 0 unspecified atom stereocenters. The van der Waals surface area contributed by atoms with E-state index in [9.17, 15) is 0 Å². The van der Waals surface area contributed by atoms with Gasteiger partial charge >= 0.3 is 0 Å². The van der Waals surface area contributed by atoms with E-state index < -0.39 is 0 Å². The molecule has 0 amide bonds. The van der Waals surface area contributed by atoms with Gasteiger partial charge in [-0.05, 0) is 87.3 Å². The molecule has 1 fully saturated rings. The molecule has 1 saturated carbocycles. The van der Waals surface area contributed by atoms with Crippen molar-refractivity contribution in [3.8, 4) is 0 Å². The van der Waals surface area contributed by atoms with Crippen molar-refractivity contribution in [3.05, 3.63) is 33.4 Å². The van der Waals surface area contributed by atoms with Crippen LogP contribution in [0, 0.1) is 34.6 Å². The van der Waals surface area contributed by atoms with Crippen LogP contribution in [0.2, 0.25) is 0 Å². The van der Waals surface area contributed by atoms with Crippen LogP contribution in [0.15, 0.2) is 0 Å². The molecule has 2 heteroatoms. The first-order chi connectivity index (χ1) is 9.52. The molecule has 1 aliphatic carbocycles. The molecule has 0 spiro atoms. The molecule has 0 atom stereocenters. The van der Waals surface area contributed by atoms with Crippen LogP contribution in [0.3, 0.4) is 0 Å². The minimum absolute atomic E-state index is 0.783. The summed E-state index contributed by atoms with van der Waals surface area (Å²) in [6, 6.07) is 0.783. The van der Waals surface area contributed by atoms with Gasteiger partial charge in [-0.15, -0.1) is 0 Å². The second-order valence-electron chi connectivity index (χ2n) is 6.19. The molecule has 112 valence electrons. The minimum atomic E-state index is 0.783. The van der Waals surface area contributed by atoms with Crippen molar-refractivity contribution in [2.45, 2.75) is 59.9 Å². The summed E-state index contributed by atoms with van der Waals surface area (Å²) in [6.07, 6.45) is 3.73. The second kappa shape index (κ2) is 6.73. The molecule has 0 heterocycles. The molecule has 0 aromatic heterocycles. The van der Waals surface area contributed by atoms with E-state index in [4.69, 9.17) is 4.74 Å². The van der Waals surface area contributed by atoms with Crippen LogP contribution in [0.4, 0.5) is 0 Å². The van der Waals surface area contributed by atoms with E-state index >= 15 is 0 Å². The van der Waals surface area contributed by atoms with Crippen LogP contribution in [0.5, 0.6) is 0 Å². The number of nitrogens with one attached hydrogen (secondary N) is 1. The number of benzene rings is 1. The highest BCUT2D eigenvalue weighted by Gasteiger charge is 2.19. The Morgan fingerprint density at radius 1 is 0.850 bits per heavy atom. The highest BCUT2D eigenvalue weighted by Crippen LogP contribution is 2.26. The zero-order valence-corrected chi connectivity index (χ0v) is 13.7. The van der Waals surface area contributed by atoms with Gasteiger partial charge < -0.3 is 10.1 Å².